The second-order valence-electron chi connectivity index (χ2n) is 4.20. The Balaban J connectivity index is 2.40. The van der Waals surface area contributed by atoms with Gasteiger partial charge in [-0.25, -0.2) is 8.42 Å². The predicted octanol–water partition coefficient (Wildman–Crippen LogP) is 0.880. The van der Waals surface area contributed by atoms with Gasteiger partial charge < -0.3 is 9.62 Å². The van der Waals surface area contributed by atoms with Crippen molar-refractivity contribution < 1.29 is 18.0 Å². The highest BCUT2D eigenvalue weighted by Crippen LogP contribution is 2.29. The summed E-state index contributed by atoms with van der Waals surface area (Å²) >= 11 is 0. The van der Waals surface area contributed by atoms with Gasteiger partial charge in [0.1, 0.15) is 17.3 Å². The second kappa shape index (κ2) is 3.87. The number of hydroxylamine groups is 2. The van der Waals surface area contributed by atoms with E-state index in [2.05, 4.69) is 0 Å². The Morgan fingerprint density at radius 1 is 1.50 bits per heavy atom. The fourth-order valence-electron chi connectivity index (χ4n) is 2.06. The van der Waals surface area contributed by atoms with Crippen molar-refractivity contribution >= 4 is 9.84 Å². The number of hydrogen-bond donors (Lipinski definition) is 1. The SMILES string of the molecule is Cc1oc2c(c1CN(C)O)CCS(=O)(=O)C2. The van der Waals surface area contributed by atoms with E-state index in [9.17, 15) is 13.6 Å². The monoisotopic (exact) mass is 245 g/mol. The van der Waals surface area contributed by atoms with Gasteiger partial charge in [0.05, 0.1) is 12.3 Å². The molecule has 5 nitrogen and oxygen atoms in total. The maximum atomic E-state index is 11.4. The zero-order valence-corrected chi connectivity index (χ0v) is 10.2. The van der Waals surface area contributed by atoms with Gasteiger partial charge in [-0.3, -0.25) is 0 Å². The van der Waals surface area contributed by atoms with Gasteiger partial charge in [-0.2, -0.15) is 5.06 Å². The fraction of sp³-hybridized carbons (Fsp3) is 0.600. The Morgan fingerprint density at radius 2 is 2.19 bits per heavy atom. The molecule has 16 heavy (non-hydrogen) atoms. The highest BCUT2D eigenvalue weighted by Gasteiger charge is 2.28. The van der Waals surface area contributed by atoms with Crippen LogP contribution >= 0.6 is 0 Å². The summed E-state index contributed by atoms with van der Waals surface area (Å²) in [5.74, 6) is 1.39. The van der Waals surface area contributed by atoms with Crippen molar-refractivity contribution in [1.29, 1.82) is 0 Å². The van der Waals surface area contributed by atoms with E-state index in [1.165, 1.54) is 0 Å². The van der Waals surface area contributed by atoms with E-state index in [-0.39, 0.29) is 11.5 Å². The minimum absolute atomic E-state index is 0.0156. The molecule has 0 atom stereocenters. The van der Waals surface area contributed by atoms with E-state index < -0.39 is 9.84 Å². The summed E-state index contributed by atoms with van der Waals surface area (Å²) in [6.07, 6.45) is 0.484. The third kappa shape index (κ3) is 2.14. The minimum atomic E-state index is -3.00. The van der Waals surface area contributed by atoms with Gasteiger partial charge in [0.15, 0.2) is 9.84 Å². The summed E-state index contributed by atoms with van der Waals surface area (Å²) in [5, 5.41) is 10.3. The zero-order valence-electron chi connectivity index (χ0n) is 9.36. The van der Waals surface area contributed by atoms with Gasteiger partial charge in [0, 0.05) is 18.2 Å². The molecule has 0 aliphatic carbocycles. The lowest BCUT2D eigenvalue weighted by Crippen LogP contribution is -2.20. The molecule has 6 heteroatoms. The van der Waals surface area contributed by atoms with Crippen molar-refractivity contribution in [2.24, 2.45) is 0 Å². The zero-order chi connectivity index (χ0) is 11.9. The molecule has 90 valence electrons. The Hall–Kier alpha value is -0.850. The first-order chi connectivity index (χ1) is 7.39. The van der Waals surface area contributed by atoms with E-state index in [1.807, 2.05) is 0 Å². The van der Waals surface area contributed by atoms with Crippen LogP contribution in [0.25, 0.3) is 0 Å². The average molecular weight is 245 g/mol. The highest BCUT2D eigenvalue weighted by atomic mass is 32.2. The fourth-order valence-corrected chi connectivity index (χ4v) is 3.35. The third-order valence-corrected chi connectivity index (χ3v) is 4.33. The van der Waals surface area contributed by atoms with Crippen molar-refractivity contribution in [3.8, 4) is 0 Å². The van der Waals surface area contributed by atoms with E-state index in [1.54, 1.807) is 14.0 Å². The molecule has 0 spiro atoms. The highest BCUT2D eigenvalue weighted by molar-refractivity contribution is 7.90. The van der Waals surface area contributed by atoms with Crippen LogP contribution in [0.15, 0.2) is 4.42 Å². The molecule has 1 aromatic rings. The van der Waals surface area contributed by atoms with Crippen LogP contribution in [0.4, 0.5) is 0 Å². The number of fused-ring (bicyclic) bond motifs is 1. The molecule has 0 fully saturated rings. The molecule has 1 N–H and O–H groups in total. The smallest absolute Gasteiger partial charge is 0.157 e. The molecule has 0 amide bonds. The quantitative estimate of drug-likeness (QED) is 0.783. The van der Waals surface area contributed by atoms with Crippen LogP contribution in [0.2, 0.25) is 0 Å². The van der Waals surface area contributed by atoms with Crippen molar-refractivity contribution in [3.05, 3.63) is 22.6 Å². The van der Waals surface area contributed by atoms with Crippen LogP contribution in [0, 0.1) is 6.92 Å². The summed E-state index contributed by atoms with van der Waals surface area (Å²) in [5.41, 5.74) is 1.86. The van der Waals surface area contributed by atoms with Crippen LogP contribution in [0.1, 0.15) is 22.6 Å². The number of aryl methyl sites for hydroxylation is 1. The van der Waals surface area contributed by atoms with Crippen LogP contribution in [-0.2, 0) is 28.6 Å². The molecular formula is C10H15NO4S. The van der Waals surface area contributed by atoms with Gasteiger partial charge in [-0.15, -0.1) is 0 Å². The number of furan rings is 1. The number of sulfone groups is 1. The van der Waals surface area contributed by atoms with E-state index >= 15 is 0 Å². The largest absolute Gasteiger partial charge is 0.465 e. The topological polar surface area (TPSA) is 70.8 Å². The molecule has 0 radical (unpaired) electrons. The van der Waals surface area contributed by atoms with E-state index in [4.69, 9.17) is 4.42 Å². The number of hydrogen-bond acceptors (Lipinski definition) is 5. The molecule has 2 rings (SSSR count). The second-order valence-corrected chi connectivity index (χ2v) is 6.38. The Labute approximate surface area is 94.5 Å². The molecule has 1 aromatic heterocycles. The minimum Gasteiger partial charge on any atom is -0.465 e. The number of rotatable bonds is 2. The Bertz CT molecular complexity index is 501. The van der Waals surface area contributed by atoms with Crippen molar-refractivity contribution in [1.82, 2.24) is 5.06 Å². The molecule has 1 aliphatic heterocycles. The first-order valence-electron chi connectivity index (χ1n) is 5.09. The Morgan fingerprint density at radius 3 is 2.81 bits per heavy atom. The molecule has 1 aliphatic rings. The van der Waals surface area contributed by atoms with Gasteiger partial charge in [0.2, 0.25) is 0 Å². The lowest BCUT2D eigenvalue weighted by molar-refractivity contribution is -0.0735. The summed E-state index contributed by atoms with van der Waals surface area (Å²) < 4.78 is 28.3. The maximum absolute atomic E-state index is 11.4. The van der Waals surface area contributed by atoms with Crippen molar-refractivity contribution in [2.45, 2.75) is 25.6 Å². The van der Waals surface area contributed by atoms with Crippen molar-refractivity contribution in [3.63, 3.8) is 0 Å². The van der Waals surface area contributed by atoms with E-state index in [0.29, 0.717) is 24.5 Å². The number of nitrogens with zero attached hydrogens (tertiary/aromatic N) is 1. The van der Waals surface area contributed by atoms with Gasteiger partial charge in [-0.1, -0.05) is 0 Å². The maximum Gasteiger partial charge on any atom is 0.157 e. The van der Waals surface area contributed by atoms with Gasteiger partial charge in [0.25, 0.3) is 0 Å². The molecule has 2 heterocycles. The van der Waals surface area contributed by atoms with Crippen LogP contribution in [0.3, 0.4) is 0 Å². The normalized spacial score (nSPS) is 18.8. The van der Waals surface area contributed by atoms with Crippen molar-refractivity contribution in [2.75, 3.05) is 12.8 Å². The predicted molar refractivity (Wildman–Crippen MR) is 57.9 cm³/mol. The van der Waals surface area contributed by atoms with Crippen LogP contribution in [-0.4, -0.2) is 31.5 Å². The lowest BCUT2D eigenvalue weighted by atomic mass is 10.1. The first-order valence-corrected chi connectivity index (χ1v) is 6.91. The molecular weight excluding hydrogens is 230 g/mol. The summed E-state index contributed by atoms with van der Waals surface area (Å²) in [7, 11) is -1.44. The molecule has 0 bridgehead atoms. The standard InChI is InChI=1S/C10H15NO4S/c1-7-9(5-11(2)12)8-3-4-16(13,14)6-10(8)15-7/h12H,3-6H2,1-2H3. The van der Waals surface area contributed by atoms with Gasteiger partial charge >= 0.3 is 0 Å². The summed E-state index contributed by atoms with van der Waals surface area (Å²) in [4.78, 5) is 0. The summed E-state index contributed by atoms with van der Waals surface area (Å²) in [6, 6.07) is 0. The third-order valence-electron chi connectivity index (χ3n) is 2.80. The molecule has 0 saturated heterocycles. The van der Waals surface area contributed by atoms with Gasteiger partial charge in [-0.05, 0) is 13.3 Å². The summed E-state index contributed by atoms with van der Waals surface area (Å²) in [6.45, 7) is 2.16. The lowest BCUT2D eigenvalue weighted by Gasteiger charge is -2.13. The van der Waals surface area contributed by atoms with E-state index in [0.717, 1.165) is 16.2 Å². The molecule has 0 unspecified atom stereocenters. The Kier molecular flexibility index (Phi) is 2.81. The van der Waals surface area contributed by atoms with Crippen LogP contribution < -0.4 is 0 Å². The molecule has 0 saturated carbocycles. The molecule has 0 aromatic carbocycles. The van der Waals surface area contributed by atoms with Crippen LogP contribution in [0.5, 0.6) is 0 Å². The first kappa shape index (κ1) is 11.6. The average Bonchev–Trinajstić information content (AvgIpc) is 2.39.